The third kappa shape index (κ3) is 2.18. The van der Waals surface area contributed by atoms with Crippen LogP contribution in [-0.2, 0) is 4.79 Å². The maximum absolute atomic E-state index is 12.1. The highest BCUT2D eigenvalue weighted by Gasteiger charge is 2.65. The van der Waals surface area contributed by atoms with E-state index in [2.05, 4.69) is 20.1 Å². The smallest absolute Gasteiger partial charge is 0.309 e. The zero-order valence-electron chi connectivity index (χ0n) is 15.6. The molecule has 0 radical (unpaired) electrons. The molecule has 5 saturated carbocycles. The first-order chi connectivity index (χ1) is 11.4. The Morgan fingerprint density at radius 3 is 2.58 bits per heavy atom. The monoisotopic (exact) mass is 350 g/mol. The summed E-state index contributed by atoms with van der Waals surface area (Å²) in [5.74, 6) is 3.84. The lowest BCUT2D eigenvalue weighted by Crippen LogP contribution is -2.62. The molecular weight excluding hydrogens is 316 g/mol. The summed E-state index contributed by atoms with van der Waals surface area (Å²) in [6.07, 6.45) is 13.7. The molecule has 0 heterocycles. The van der Waals surface area contributed by atoms with E-state index < -0.39 is 11.4 Å². The van der Waals surface area contributed by atoms with Crippen molar-refractivity contribution in [3.8, 4) is 0 Å². The summed E-state index contributed by atoms with van der Waals surface area (Å²) in [6, 6.07) is 0. The molecule has 24 heavy (non-hydrogen) atoms. The minimum Gasteiger partial charge on any atom is -0.481 e. The molecule has 0 aromatic heterocycles. The molecule has 1 unspecified atom stereocenters. The summed E-state index contributed by atoms with van der Waals surface area (Å²) in [5, 5.41) is 9.99. The van der Waals surface area contributed by atoms with Crippen LogP contribution in [0.2, 0.25) is 0 Å². The van der Waals surface area contributed by atoms with E-state index in [-0.39, 0.29) is 5.41 Å². The van der Waals surface area contributed by atoms with Crippen LogP contribution in [0, 0.1) is 39.9 Å². The van der Waals surface area contributed by atoms with Gasteiger partial charge in [0.25, 0.3) is 0 Å². The van der Waals surface area contributed by atoms with Gasteiger partial charge in [0.1, 0.15) is 0 Å². The number of thioether (sulfide) groups is 1. The first-order valence-electron chi connectivity index (χ1n) is 10.1. The van der Waals surface area contributed by atoms with Gasteiger partial charge in [-0.2, -0.15) is 11.8 Å². The Balaban J connectivity index is 1.68. The number of aliphatic carboxylic acids is 1. The van der Waals surface area contributed by atoms with Crippen molar-refractivity contribution in [3.63, 3.8) is 0 Å². The summed E-state index contributed by atoms with van der Waals surface area (Å²) in [7, 11) is 0. The number of fused-ring (bicyclic) bond motifs is 3. The van der Waals surface area contributed by atoms with Gasteiger partial charge in [-0.3, -0.25) is 4.79 Å². The van der Waals surface area contributed by atoms with Crippen molar-refractivity contribution < 1.29 is 9.90 Å². The lowest BCUT2D eigenvalue weighted by atomic mass is 9.36. The summed E-state index contributed by atoms with van der Waals surface area (Å²) in [4.78, 5) is 12.1. The predicted molar refractivity (Wildman–Crippen MR) is 100 cm³/mol. The molecule has 0 amide bonds. The van der Waals surface area contributed by atoms with Crippen molar-refractivity contribution in [1.82, 2.24) is 0 Å². The Labute approximate surface area is 151 Å². The largest absolute Gasteiger partial charge is 0.481 e. The molecule has 7 atom stereocenters. The van der Waals surface area contributed by atoms with E-state index in [9.17, 15) is 9.90 Å². The van der Waals surface area contributed by atoms with Crippen molar-refractivity contribution in [2.45, 2.75) is 71.6 Å². The number of rotatable bonds is 3. The third-order valence-corrected chi connectivity index (χ3v) is 9.96. The Kier molecular flexibility index (Phi) is 4.07. The molecule has 2 nitrogen and oxygen atoms in total. The normalized spacial score (nSPS) is 53.3. The predicted octanol–water partition coefficient (Wildman–Crippen LogP) is 5.46. The first-order valence-corrected chi connectivity index (χ1v) is 11.5. The maximum Gasteiger partial charge on any atom is 0.309 e. The van der Waals surface area contributed by atoms with E-state index in [0.717, 1.165) is 37.0 Å². The van der Waals surface area contributed by atoms with Crippen LogP contribution in [-0.4, -0.2) is 23.1 Å². The molecule has 136 valence electrons. The SMILES string of the molecule is CSCC1C[C@]23CC[C@H]1C[C@H]2[C@]1(C)CCC[C@@](C)(C(=O)O)[C@H]1CC3. The average molecular weight is 351 g/mol. The van der Waals surface area contributed by atoms with E-state index in [4.69, 9.17) is 0 Å². The highest BCUT2D eigenvalue weighted by Crippen LogP contribution is 2.72. The van der Waals surface area contributed by atoms with Gasteiger partial charge in [-0.25, -0.2) is 0 Å². The van der Waals surface area contributed by atoms with Crippen LogP contribution in [0.4, 0.5) is 0 Å². The van der Waals surface area contributed by atoms with Gasteiger partial charge in [0.05, 0.1) is 5.41 Å². The van der Waals surface area contributed by atoms with Crippen molar-refractivity contribution in [3.05, 3.63) is 0 Å². The Hall–Kier alpha value is -0.180. The lowest BCUT2D eigenvalue weighted by Gasteiger charge is -2.68. The highest BCUT2D eigenvalue weighted by atomic mass is 32.2. The fraction of sp³-hybridized carbons (Fsp3) is 0.952. The summed E-state index contributed by atoms with van der Waals surface area (Å²) < 4.78 is 0. The van der Waals surface area contributed by atoms with Gasteiger partial charge in [0.2, 0.25) is 0 Å². The van der Waals surface area contributed by atoms with Gasteiger partial charge in [-0.05, 0) is 105 Å². The van der Waals surface area contributed by atoms with Gasteiger partial charge in [-0.15, -0.1) is 0 Å². The van der Waals surface area contributed by atoms with Crippen molar-refractivity contribution >= 4 is 17.7 Å². The molecule has 1 N–H and O–H groups in total. The maximum atomic E-state index is 12.1. The zero-order valence-corrected chi connectivity index (χ0v) is 16.5. The fourth-order valence-corrected chi connectivity index (χ4v) is 8.94. The number of hydrogen-bond donors (Lipinski definition) is 1. The van der Waals surface area contributed by atoms with Crippen LogP contribution in [0.3, 0.4) is 0 Å². The Bertz CT molecular complexity index is 534. The fourth-order valence-electron chi connectivity index (χ4n) is 8.12. The quantitative estimate of drug-likeness (QED) is 0.734. The van der Waals surface area contributed by atoms with Crippen LogP contribution in [0.1, 0.15) is 71.6 Å². The topological polar surface area (TPSA) is 37.3 Å². The lowest BCUT2D eigenvalue weighted by molar-refractivity contribution is -0.203. The van der Waals surface area contributed by atoms with Crippen LogP contribution in [0.5, 0.6) is 0 Å². The summed E-state index contributed by atoms with van der Waals surface area (Å²) >= 11 is 2.03. The molecular formula is C21H34O2S. The Morgan fingerprint density at radius 1 is 1.12 bits per heavy atom. The second kappa shape index (κ2) is 5.66. The molecule has 0 aliphatic heterocycles. The molecule has 1 spiro atoms. The van der Waals surface area contributed by atoms with Gasteiger partial charge in [0.15, 0.2) is 0 Å². The standard InChI is InChI=1S/C21H34O2S/c1-19-7-4-8-20(2,18(22)23)16(19)6-10-21-9-5-14(11-17(19)21)15(12-21)13-24-3/h14-17H,4-13H2,1-3H3,(H,22,23)/t14-,15?,16-,17-,19+,20+,21+/m0/s1. The van der Waals surface area contributed by atoms with Gasteiger partial charge < -0.3 is 5.11 Å². The van der Waals surface area contributed by atoms with Crippen molar-refractivity contribution in [2.24, 2.45) is 39.9 Å². The number of carboxylic acid groups (broad SMARTS) is 1. The molecule has 5 fully saturated rings. The Morgan fingerprint density at radius 2 is 1.88 bits per heavy atom. The van der Waals surface area contributed by atoms with Crippen molar-refractivity contribution in [1.29, 1.82) is 0 Å². The average Bonchev–Trinajstić information content (AvgIpc) is 2.55. The zero-order chi connectivity index (χ0) is 17.2. The van der Waals surface area contributed by atoms with Crippen LogP contribution < -0.4 is 0 Å². The van der Waals surface area contributed by atoms with Crippen molar-refractivity contribution in [2.75, 3.05) is 12.0 Å². The van der Waals surface area contributed by atoms with Gasteiger partial charge >= 0.3 is 5.97 Å². The molecule has 0 aromatic carbocycles. The molecule has 5 aliphatic carbocycles. The van der Waals surface area contributed by atoms with Crippen LogP contribution >= 0.6 is 11.8 Å². The van der Waals surface area contributed by atoms with E-state index >= 15 is 0 Å². The second-order valence-electron chi connectivity index (χ2n) is 10.0. The van der Waals surface area contributed by atoms with Gasteiger partial charge in [0, 0.05) is 0 Å². The molecule has 2 bridgehead atoms. The number of carboxylic acids is 1. The molecule has 5 rings (SSSR count). The van der Waals surface area contributed by atoms with Crippen LogP contribution in [0.25, 0.3) is 0 Å². The molecule has 5 aliphatic rings. The van der Waals surface area contributed by atoms with E-state index in [1.807, 2.05) is 11.8 Å². The highest BCUT2D eigenvalue weighted by molar-refractivity contribution is 7.98. The number of carbonyl (C=O) groups is 1. The summed E-state index contributed by atoms with van der Waals surface area (Å²) in [5.41, 5.74) is 0.341. The molecule has 0 aromatic rings. The minimum atomic E-state index is -0.532. The first kappa shape index (κ1) is 17.2. The van der Waals surface area contributed by atoms with Gasteiger partial charge in [-0.1, -0.05) is 13.3 Å². The molecule has 0 saturated heterocycles. The number of hydrogen-bond acceptors (Lipinski definition) is 2. The minimum absolute atomic E-state index is 0.270. The second-order valence-corrected chi connectivity index (χ2v) is 11.0. The third-order valence-electron chi connectivity index (χ3n) is 9.20. The molecule has 3 heteroatoms. The summed E-state index contributed by atoms with van der Waals surface area (Å²) in [6.45, 7) is 4.56. The van der Waals surface area contributed by atoms with E-state index in [1.165, 1.54) is 44.3 Å². The van der Waals surface area contributed by atoms with E-state index in [1.54, 1.807) is 0 Å². The van der Waals surface area contributed by atoms with Crippen LogP contribution in [0.15, 0.2) is 0 Å². The van der Waals surface area contributed by atoms with E-state index in [0.29, 0.717) is 11.3 Å².